The quantitative estimate of drug-likeness (QED) is 0.665. The monoisotopic (exact) mass is 418 g/mol. The first-order valence-corrected chi connectivity index (χ1v) is 10.7. The van der Waals surface area contributed by atoms with Gasteiger partial charge in [0.25, 0.3) is 5.91 Å². The van der Waals surface area contributed by atoms with Crippen molar-refractivity contribution in [2.24, 2.45) is 0 Å². The van der Waals surface area contributed by atoms with Gasteiger partial charge in [-0.05, 0) is 48.2 Å². The third kappa shape index (κ3) is 5.88. The van der Waals surface area contributed by atoms with Crippen molar-refractivity contribution in [3.05, 3.63) is 59.7 Å². The Morgan fingerprint density at radius 3 is 2.34 bits per heavy atom. The van der Waals surface area contributed by atoms with E-state index < -0.39 is 28.5 Å². The minimum Gasteiger partial charge on any atom is -0.452 e. The molecule has 7 nitrogen and oxygen atoms in total. The lowest BCUT2D eigenvalue weighted by Gasteiger charge is -2.12. The maximum Gasteiger partial charge on any atom is 0.338 e. The Balaban J connectivity index is 1.96. The first-order valence-electron chi connectivity index (χ1n) is 9.24. The number of amides is 1. The van der Waals surface area contributed by atoms with Gasteiger partial charge in [-0.2, -0.15) is 0 Å². The SMILES string of the molecule is CC[C@@H](C)c1ccc(NC(=O)COC(=O)c2cccc(S(=O)(=O)N(C)C)c2)cc1. The molecule has 2 rings (SSSR count). The van der Waals surface area contributed by atoms with Gasteiger partial charge in [0.05, 0.1) is 10.5 Å². The molecule has 0 fully saturated rings. The zero-order chi connectivity index (χ0) is 21.6. The Bertz CT molecular complexity index is 969. The standard InChI is InChI=1S/C21H26N2O5S/c1-5-15(2)16-9-11-18(12-10-16)22-20(24)14-28-21(25)17-7-6-8-19(13-17)29(26,27)23(3)4/h6-13,15H,5,14H2,1-4H3,(H,22,24)/t15-/m1/s1. The number of hydrogen-bond donors (Lipinski definition) is 1. The van der Waals surface area contributed by atoms with Crippen LogP contribution in [0.25, 0.3) is 0 Å². The van der Waals surface area contributed by atoms with Crippen LogP contribution in [0.1, 0.15) is 42.1 Å². The molecule has 156 valence electrons. The topological polar surface area (TPSA) is 92.8 Å². The van der Waals surface area contributed by atoms with Gasteiger partial charge in [0.15, 0.2) is 6.61 Å². The van der Waals surface area contributed by atoms with Gasteiger partial charge in [0, 0.05) is 19.8 Å². The Kier molecular flexibility index (Phi) is 7.53. The highest BCUT2D eigenvalue weighted by atomic mass is 32.2. The lowest BCUT2D eigenvalue weighted by molar-refractivity contribution is -0.119. The van der Waals surface area contributed by atoms with Crippen LogP contribution in [0.3, 0.4) is 0 Å². The fraction of sp³-hybridized carbons (Fsp3) is 0.333. The zero-order valence-corrected chi connectivity index (χ0v) is 17.8. The van der Waals surface area contributed by atoms with Gasteiger partial charge >= 0.3 is 5.97 Å². The molecule has 0 aliphatic carbocycles. The number of carbonyl (C=O) groups is 2. The Hall–Kier alpha value is -2.71. The summed E-state index contributed by atoms with van der Waals surface area (Å²) in [5, 5.41) is 2.66. The van der Waals surface area contributed by atoms with Crippen molar-refractivity contribution < 1.29 is 22.7 Å². The summed E-state index contributed by atoms with van der Waals surface area (Å²) in [6.07, 6.45) is 1.03. The molecule has 0 unspecified atom stereocenters. The predicted octanol–water partition coefficient (Wildman–Crippen LogP) is 3.25. The molecule has 2 aromatic rings. The molecule has 0 saturated heterocycles. The summed E-state index contributed by atoms with van der Waals surface area (Å²) in [7, 11) is -0.865. The van der Waals surface area contributed by atoms with Gasteiger partial charge in [-0.1, -0.05) is 32.0 Å². The number of esters is 1. The van der Waals surface area contributed by atoms with Gasteiger partial charge < -0.3 is 10.1 Å². The number of anilines is 1. The molecule has 0 aromatic heterocycles. The summed E-state index contributed by atoms with van der Waals surface area (Å²) < 4.78 is 30.4. The van der Waals surface area contributed by atoms with Crippen LogP contribution in [0.2, 0.25) is 0 Å². The number of carbonyl (C=O) groups excluding carboxylic acids is 2. The van der Waals surface area contributed by atoms with E-state index in [0.717, 1.165) is 10.7 Å². The lowest BCUT2D eigenvalue weighted by Crippen LogP contribution is -2.23. The molecular formula is C21H26N2O5S. The minimum absolute atomic E-state index is 0.0252. The number of nitrogens with one attached hydrogen (secondary N) is 1. The van der Waals surface area contributed by atoms with Gasteiger partial charge in [0.2, 0.25) is 10.0 Å². The van der Waals surface area contributed by atoms with Crippen molar-refractivity contribution in [2.75, 3.05) is 26.0 Å². The molecule has 2 aromatic carbocycles. The molecule has 29 heavy (non-hydrogen) atoms. The van der Waals surface area contributed by atoms with Gasteiger partial charge in [-0.3, -0.25) is 4.79 Å². The lowest BCUT2D eigenvalue weighted by atomic mass is 9.99. The van der Waals surface area contributed by atoms with Crippen LogP contribution in [0.15, 0.2) is 53.4 Å². The average Bonchev–Trinajstić information content (AvgIpc) is 2.72. The summed E-state index contributed by atoms with van der Waals surface area (Å²) in [5.41, 5.74) is 1.85. The first-order chi connectivity index (χ1) is 13.6. The second kappa shape index (κ2) is 9.67. The fourth-order valence-electron chi connectivity index (χ4n) is 2.54. The average molecular weight is 419 g/mol. The maximum atomic E-state index is 12.2. The maximum absolute atomic E-state index is 12.2. The van der Waals surface area contributed by atoms with Crippen LogP contribution in [0.4, 0.5) is 5.69 Å². The van der Waals surface area contributed by atoms with Crippen LogP contribution >= 0.6 is 0 Å². The van der Waals surface area contributed by atoms with Crippen molar-refractivity contribution >= 4 is 27.6 Å². The Labute approximate surface area is 171 Å². The summed E-state index contributed by atoms with van der Waals surface area (Å²) in [4.78, 5) is 24.2. The van der Waals surface area contributed by atoms with Crippen LogP contribution in [0, 0.1) is 0 Å². The largest absolute Gasteiger partial charge is 0.452 e. The highest BCUT2D eigenvalue weighted by Crippen LogP contribution is 2.20. The van der Waals surface area contributed by atoms with E-state index in [9.17, 15) is 18.0 Å². The van der Waals surface area contributed by atoms with Crippen molar-refractivity contribution in [3.63, 3.8) is 0 Å². The molecular weight excluding hydrogens is 392 g/mol. The van der Waals surface area contributed by atoms with E-state index in [2.05, 4.69) is 19.2 Å². The molecule has 1 N–H and O–H groups in total. The number of nitrogens with zero attached hydrogens (tertiary/aromatic N) is 1. The second-order valence-corrected chi connectivity index (χ2v) is 9.02. The molecule has 0 saturated carbocycles. The minimum atomic E-state index is -3.67. The molecule has 8 heteroatoms. The molecule has 0 aliphatic heterocycles. The van der Waals surface area contributed by atoms with Crippen LogP contribution in [-0.2, 0) is 19.6 Å². The van der Waals surface area contributed by atoms with E-state index in [1.807, 2.05) is 12.1 Å². The molecule has 0 radical (unpaired) electrons. The molecule has 1 amide bonds. The van der Waals surface area contributed by atoms with Crippen molar-refractivity contribution in [1.29, 1.82) is 0 Å². The number of benzene rings is 2. The van der Waals surface area contributed by atoms with Crippen LogP contribution in [0.5, 0.6) is 0 Å². The summed E-state index contributed by atoms with van der Waals surface area (Å²) >= 11 is 0. The smallest absolute Gasteiger partial charge is 0.338 e. The zero-order valence-electron chi connectivity index (χ0n) is 17.0. The third-order valence-electron chi connectivity index (χ3n) is 4.56. The van der Waals surface area contributed by atoms with E-state index in [0.29, 0.717) is 11.6 Å². The highest BCUT2D eigenvalue weighted by molar-refractivity contribution is 7.89. The van der Waals surface area contributed by atoms with Gasteiger partial charge in [-0.15, -0.1) is 0 Å². The second-order valence-electron chi connectivity index (χ2n) is 6.87. The molecule has 1 atom stereocenters. The van der Waals surface area contributed by atoms with Gasteiger partial charge in [-0.25, -0.2) is 17.5 Å². The number of ether oxygens (including phenoxy) is 1. The van der Waals surface area contributed by atoms with Crippen molar-refractivity contribution in [2.45, 2.75) is 31.1 Å². The van der Waals surface area contributed by atoms with E-state index in [1.54, 1.807) is 12.1 Å². The van der Waals surface area contributed by atoms with Crippen LogP contribution < -0.4 is 5.32 Å². The molecule has 0 heterocycles. The summed E-state index contributed by atoms with van der Waals surface area (Å²) in [6.45, 7) is 3.77. The van der Waals surface area contributed by atoms with E-state index >= 15 is 0 Å². The number of hydrogen-bond acceptors (Lipinski definition) is 5. The molecule has 0 spiro atoms. The van der Waals surface area contributed by atoms with Crippen LogP contribution in [-0.4, -0.2) is 45.3 Å². The van der Waals surface area contributed by atoms with E-state index in [-0.39, 0.29) is 10.5 Å². The summed E-state index contributed by atoms with van der Waals surface area (Å²) in [6, 6.07) is 13.0. The normalized spacial score (nSPS) is 12.4. The molecule has 0 bridgehead atoms. The molecule has 0 aliphatic rings. The van der Waals surface area contributed by atoms with Crippen molar-refractivity contribution in [1.82, 2.24) is 4.31 Å². The van der Waals surface area contributed by atoms with E-state index in [1.165, 1.54) is 43.9 Å². The summed E-state index contributed by atoms with van der Waals surface area (Å²) in [5.74, 6) is -0.817. The highest BCUT2D eigenvalue weighted by Gasteiger charge is 2.19. The predicted molar refractivity (Wildman–Crippen MR) is 111 cm³/mol. The van der Waals surface area contributed by atoms with Crippen molar-refractivity contribution in [3.8, 4) is 0 Å². The number of sulfonamides is 1. The fourth-order valence-corrected chi connectivity index (χ4v) is 3.48. The third-order valence-corrected chi connectivity index (χ3v) is 6.37. The van der Waals surface area contributed by atoms with Gasteiger partial charge in [0.1, 0.15) is 0 Å². The Morgan fingerprint density at radius 2 is 1.76 bits per heavy atom. The Morgan fingerprint density at radius 1 is 1.10 bits per heavy atom. The number of rotatable bonds is 8. The first kappa shape index (κ1) is 22.6. The van der Waals surface area contributed by atoms with E-state index in [4.69, 9.17) is 4.74 Å².